The number of carbonyl (C=O) groups excluding carboxylic acids is 5. The number of phenols is 4. The van der Waals surface area contributed by atoms with Gasteiger partial charge in [0.1, 0.15) is 66.0 Å². The van der Waals surface area contributed by atoms with E-state index in [0.29, 0.717) is 37.0 Å². The standard InChI is InChI=1S/C21H26O5.C20H20O7.C19H18O7/c1-4-20(26-19(24)14(2)3)13-25-21(20)11-10-16(17(22)12-21)18(23)15-8-6-5-7-9-15;1-12(2)20(25)27-11-13(21)10-26-14-7-8-16(18(23)9-14)19(24)15-5-3-4-6-17(15)22;1-3-9-24-26-13-6-8-15(17(21)11-13)19(23)14-7-5-12(10-16(14)20)25-18(22)4-2/h5-9,16-17,22H,2,4,10-13H2,1,3H3;3-9,13,21-23H,1,10-11H2,2H3;3-8,10-11,20-22H,1,9H2,2H3/b;;18-4+. The van der Waals surface area contributed by atoms with Crippen LogP contribution in [0.3, 0.4) is 0 Å². The number of rotatable bonds is 21. The van der Waals surface area contributed by atoms with Crippen LogP contribution in [-0.2, 0) is 28.7 Å². The molecule has 2 fully saturated rings. The predicted molar refractivity (Wildman–Crippen MR) is 287 cm³/mol. The number of aliphatic hydroxyl groups is 3. The van der Waals surface area contributed by atoms with Gasteiger partial charge in [0.25, 0.3) is 5.95 Å². The third kappa shape index (κ3) is 15.7. The summed E-state index contributed by atoms with van der Waals surface area (Å²) in [4.78, 5) is 70.7. The van der Waals surface area contributed by atoms with Gasteiger partial charge in [0.2, 0.25) is 0 Å². The van der Waals surface area contributed by atoms with Gasteiger partial charge in [-0.15, -0.1) is 6.58 Å². The van der Waals surface area contributed by atoms with E-state index in [-0.39, 0.29) is 106 Å². The van der Waals surface area contributed by atoms with Crippen LogP contribution in [0.2, 0.25) is 0 Å². The molecule has 19 heteroatoms. The molecule has 1 heterocycles. The highest BCUT2D eigenvalue weighted by Crippen LogP contribution is 2.53. The summed E-state index contributed by atoms with van der Waals surface area (Å²) in [6, 6.07) is 27.0. The van der Waals surface area contributed by atoms with Crippen LogP contribution in [0.4, 0.5) is 0 Å². The number of esters is 2. The van der Waals surface area contributed by atoms with Crippen molar-refractivity contribution in [3.8, 4) is 40.2 Å². The molecule has 1 aliphatic heterocycles. The molecular formula is C60H64O19. The zero-order valence-corrected chi connectivity index (χ0v) is 44.1. The van der Waals surface area contributed by atoms with Crippen molar-refractivity contribution in [1.29, 1.82) is 0 Å². The van der Waals surface area contributed by atoms with Gasteiger partial charge in [-0.2, -0.15) is 4.89 Å². The van der Waals surface area contributed by atoms with Gasteiger partial charge in [-0.1, -0.05) is 68.6 Å². The highest BCUT2D eigenvalue weighted by molar-refractivity contribution is 6.13. The molecule has 418 valence electrons. The number of para-hydroxylation sites is 1. The number of hydrogen-bond donors (Lipinski definition) is 7. The average Bonchev–Trinajstić information content (AvgIpc) is 3.44. The van der Waals surface area contributed by atoms with E-state index >= 15 is 0 Å². The highest BCUT2D eigenvalue weighted by Gasteiger charge is 2.65. The largest absolute Gasteiger partial charge is 0.507 e. The van der Waals surface area contributed by atoms with Gasteiger partial charge in [-0.3, -0.25) is 14.4 Å². The molecule has 0 bridgehead atoms. The Morgan fingerprint density at radius 1 is 0.734 bits per heavy atom. The smallest absolute Gasteiger partial charge is 0.333 e. The van der Waals surface area contributed by atoms with Crippen LogP contribution in [0.25, 0.3) is 0 Å². The Kier molecular flexibility index (Phi) is 21.7. The predicted octanol–water partition coefficient (Wildman–Crippen LogP) is 8.88. The normalized spacial score (nSPS) is 18.5. The minimum atomic E-state index is -1.07. The Balaban J connectivity index is 0.000000218. The maximum atomic E-state index is 12.7. The van der Waals surface area contributed by atoms with Gasteiger partial charge in [0, 0.05) is 47.2 Å². The molecular weight excluding hydrogens is 1020 g/mol. The number of ketones is 3. The summed E-state index contributed by atoms with van der Waals surface area (Å²) in [5.41, 5.74) is -0.310. The number of aromatic hydroxyl groups is 4. The van der Waals surface area contributed by atoms with Gasteiger partial charge in [0.05, 0.1) is 35.0 Å². The van der Waals surface area contributed by atoms with E-state index in [2.05, 4.69) is 19.7 Å². The lowest BCUT2D eigenvalue weighted by Crippen LogP contribution is -2.72. The van der Waals surface area contributed by atoms with E-state index in [1.807, 2.05) is 25.1 Å². The van der Waals surface area contributed by atoms with Crippen molar-refractivity contribution in [2.75, 3.05) is 26.4 Å². The lowest BCUT2D eigenvalue weighted by atomic mass is 9.63. The molecule has 5 aromatic carbocycles. The van der Waals surface area contributed by atoms with E-state index in [9.17, 15) is 59.7 Å². The van der Waals surface area contributed by atoms with E-state index in [0.717, 1.165) is 0 Å². The van der Waals surface area contributed by atoms with Crippen molar-refractivity contribution in [1.82, 2.24) is 0 Å². The second-order valence-electron chi connectivity index (χ2n) is 18.4. The number of aliphatic hydroxyl groups excluding tert-OH is 3. The van der Waals surface area contributed by atoms with Crippen LogP contribution in [-0.4, -0.2) is 115 Å². The average molecular weight is 1090 g/mol. The van der Waals surface area contributed by atoms with Gasteiger partial charge < -0.3 is 64.3 Å². The van der Waals surface area contributed by atoms with E-state index < -0.39 is 52.8 Å². The Labute approximate surface area is 456 Å². The summed E-state index contributed by atoms with van der Waals surface area (Å²) >= 11 is 0. The second-order valence-corrected chi connectivity index (χ2v) is 18.4. The maximum Gasteiger partial charge on any atom is 0.333 e. The van der Waals surface area contributed by atoms with Crippen LogP contribution in [0.1, 0.15) is 95.6 Å². The van der Waals surface area contributed by atoms with E-state index in [1.165, 1.54) is 85.8 Å². The minimum Gasteiger partial charge on any atom is -0.507 e. The van der Waals surface area contributed by atoms with Crippen molar-refractivity contribution in [3.05, 3.63) is 186 Å². The van der Waals surface area contributed by atoms with Gasteiger partial charge >= 0.3 is 11.9 Å². The molecule has 1 saturated heterocycles. The fourth-order valence-electron chi connectivity index (χ4n) is 8.29. The molecule has 0 radical (unpaired) electrons. The van der Waals surface area contributed by atoms with Crippen molar-refractivity contribution in [3.63, 3.8) is 0 Å². The number of phenolic OH excluding ortho intramolecular Hbond substituents is 4. The molecule has 7 rings (SSSR count). The van der Waals surface area contributed by atoms with Crippen molar-refractivity contribution < 1.29 is 93.2 Å². The quantitative estimate of drug-likeness (QED) is 0.00527. The fourth-order valence-corrected chi connectivity index (χ4v) is 8.29. The van der Waals surface area contributed by atoms with Gasteiger partial charge in [-0.05, 0) is 94.6 Å². The molecule has 19 nitrogen and oxygen atoms in total. The van der Waals surface area contributed by atoms with Crippen LogP contribution in [0, 0.1) is 5.92 Å². The summed E-state index contributed by atoms with van der Waals surface area (Å²) in [6.07, 6.45) is 2.87. The molecule has 7 N–H and O–H groups in total. The number of benzene rings is 5. The third-order valence-corrected chi connectivity index (χ3v) is 12.7. The Morgan fingerprint density at radius 3 is 1.80 bits per heavy atom. The van der Waals surface area contributed by atoms with E-state index in [4.69, 9.17) is 33.5 Å². The number of Topliss-reactive ketones (excluding diaryl/α,β-unsaturated/α-hetero) is 1. The summed E-state index contributed by atoms with van der Waals surface area (Å²) in [5, 5.41) is 69.8. The Morgan fingerprint density at radius 2 is 1.28 bits per heavy atom. The lowest BCUT2D eigenvalue weighted by molar-refractivity contribution is -0.328. The summed E-state index contributed by atoms with van der Waals surface area (Å²) in [6.45, 7) is 17.2. The van der Waals surface area contributed by atoms with Gasteiger partial charge in [-0.25, -0.2) is 9.59 Å². The van der Waals surface area contributed by atoms with Gasteiger partial charge in [0.15, 0.2) is 28.7 Å². The molecule has 79 heavy (non-hydrogen) atoms. The van der Waals surface area contributed by atoms with Crippen LogP contribution >= 0.6 is 0 Å². The number of ether oxygens (including phenoxy) is 5. The molecule has 0 aromatic heterocycles. The molecule has 5 aromatic rings. The van der Waals surface area contributed by atoms with Crippen LogP contribution < -0.4 is 14.4 Å². The summed E-state index contributed by atoms with van der Waals surface area (Å²) in [5.74, 6) is -3.66. The van der Waals surface area contributed by atoms with Crippen molar-refractivity contribution in [2.24, 2.45) is 5.92 Å². The molecule has 5 unspecified atom stereocenters. The topological polar surface area (TPSA) is 292 Å². The zero-order chi connectivity index (χ0) is 58.0. The van der Waals surface area contributed by atoms with E-state index in [1.54, 1.807) is 38.1 Å². The minimum absolute atomic E-state index is 0.000198. The fraction of sp³-hybridized carbons (Fsp3) is 0.283. The molecule has 1 aliphatic carbocycles. The SMILES string of the molecule is C=C(C)C(=O)OC1(CC)COC12CCC(C(=O)c1ccccc1)C(O)C2.C=C(C)C(=O)OCC(O)COc1ccc(C(=O)c2ccccc2O)c(O)c1.C=CCOOc1ccc(C(=O)c2ccc(O/C(O)=C/C)cc2O)c(O)c1. The second kappa shape index (κ2) is 28.0. The Hall–Kier alpha value is -8.75. The number of allylic oxidation sites excluding steroid dienone is 1. The monoisotopic (exact) mass is 1090 g/mol. The summed E-state index contributed by atoms with van der Waals surface area (Å²) in [7, 11) is 0. The van der Waals surface area contributed by atoms with Crippen molar-refractivity contribution >= 4 is 29.3 Å². The van der Waals surface area contributed by atoms with Crippen LogP contribution in [0.15, 0.2) is 158 Å². The molecule has 5 atom stereocenters. The zero-order valence-electron chi connectivity index (χ0n) is 44.1. The highest BCUT2D eigenvalue weighted by atomic mass is 17.2. The molecule has 1 spiro atoms. The first kappa shape index (κ1) is 61.1. The first-order valence-corrected chi connectivity index (χ1v) is 24.8. The maximum absolute atomic E-state index is 12.7. The summed E-state index contributed by atoms with van der Waals surface area (Å²) < 4.78 is 26.8. The van der Waals surface area contributed by atoms with Crippen molar-refractivity contribution in [2.45, 2.75) is 76.8 Å². The first-order chi connectivity index (χ1) is 37.6. The molecule has 2 aliphatic rings. The third-order valence-electron chi connectivity index (χ3n) is 12.7. The Bertz CT molecular complexity index is 3050. The van der Waals surface area contributed by atoms with Crippen LogP contribution in [0.5, 0.6) is 40.2 Å². The number of carbonyl (C=O) groups is 5. The lowest BCUT2D eigenvalue weighted by Gasteiger charge is -2.60. The molecule has 1 saturated carbocycles. The molecule has 0 amide bonds. The first-order valence-electron chi connectivity index (χ1n) is 24.8. The number of hydrogen-bond acceptors (Lipinski definition) is 19.